The molecule has 10 heteroatoms. The summed E-state index contributed by atoms with van der Waals surface area (Å²) in [7, 11) is -5.88. The number of amides is 1. The third-order valence-corrected chi connectivity index (χ3v) is 8.65. The average Bonchev–Trinajstić information content (AvgIpc) is 2.74. The van der Waals surface area contributed by atoms with E-state index in [0.717, 1.165) is 4.31 Å². The summed E-state index contributed by atoms with van der Waals surface area (Å²) in [6.45, 7) is 0.540. The highest BCUT2D eigenvalue weighted by Crippen LogP contribution is 2.16. The molecule has 0 aromatic heterocycles. The number of hydrogen-bond acceptors (Lipinski definition) is 5. The number of rotatable bonds is 7. The Morgan fingerprint density at radius 3 is 1.97 bits per heavy atom. The summed E-state index contributed by atoms with van der Waals surface area (Å²) in [5.41, 5.74) is 0.712. The molecule has 1 fully saturated rings. The highest BCUT2D eigenvalue weighted by atomic mass is 32.2. The van der Waals surface area contributed by atoms with Crippen LogP contribution in [0.25, 0.3) is 0 Å². The lowest BCUT2D eigenvalue weighted by Gasteiger charge is -2.34. The number of nitrogens with zero attached hydrogens (tertiary/aromatic N) is 3. The fourth-order valence-electron chi connectivity index (χ4n) is 3.24. The first kappa shape index (κ1) is 22.4. The van der Waals surface area contributed by atoms with Crippen LogP contribution in [-0.4, -0.2) is 76.0 Å². The number of piperazine rings is 1. The van der Waals surface area contributed by atoms with Gasteiger partial charge in [-0.15, -0.1) is 0 Å². The molecule has 1 aliphatic rings. The van der Waals surface area contributed by atoms with Crippen LogP contribution in [0.3, 0.4) is 0 Å². The van der Waals surface area contributed by atoms with Gasteiger partial charge in [-0.25, -0.2) is 16.8 Å². The highest BCUT2D eigenvalue weighted by molar-refractivity contribution is 7.89. The second kappa shape index (κ2) is 9.25. The monoisotopic (exact) mass is 451 g/mol. The van der Waals surface area contributed by atoms with E-state index in [-0.39, 0.29) is 49.3 Å². The van der Waals surface area contributed by atoms with Gasteiger partial charge in [-0.05, 0) is 17.7 Å². The number of carbonyl (C=O) groups excluding carboxylic acids is 1. The number of benzene rings is 2. The minimum absolute atomic E-state index is 0.0835. The Morgan fingerprint density at radius 2 is 1.40 bits per heavy atom. The van der Waals surface area contributed by atoms with Crippen molar-refractivity contribution in [3.05, 3.63) is 66.2 Å². The van der Waals surface area contributed by atoms with Gasteiger partial charge in [-0.1, -0.05) is 48.5 Å². The van der Waals surface area contributed by atoms with E-state index in [9.17, 15) is 21.6 Å². The van der Waals surface area contributed by atoms with Crippen LogP contribution >= 0.6 is 0 Å². The first-order valence-corrected chi connectivity index (χ1v) is 12.6. The molecule has 1 aliphatic heterocycles. The molecule has 0 aliphatic carbocycles. The summed E-state index contributed by atoms with van der Waals surface area (Å²) < 4.78 is 52.8. The number of hydrogen-bond donors (Lipinski definition) is 0. The van der Waals surface area contributed by atoms with E-state index in [4.69, 9.17) is 0 Å². The van der Waals surface area contributed by atoms with Crippen molar-refractivity contribution in [1.29, 1.82) is 0 Å². The van der Waals surface area contributed by atoms with E-state index in [2.05, 4.69) is 0 Å². The van der Waals surface area contributed by atoms with Gasteiger partial charge in [0.2, 0.25) is 26.0 Å². The summed E-state index contributed by atoms with van der Waals surface area (Å²) in [4.78, 5) is 14.2. The van der Waals surface area contributed by atoms with Crippen LogP contribution in [0.1, 0.15) is 5.56 Å². The van der Waals surface area contributed by atoms with Crippen LogP contribution in [0.5, 0.6) is 0 Å². The first-order valence-electron chi connectivity index (χ1n) is 9.51. The molecule has 0 spiro atoms. The van der Waals surface area contributed by atoms with Gasteiger partial charge in [-0.3, -0.25) is 4.79 Å². The van der Waals surface area contributed by atoms with Crippen molar-refractivity contribution >= 4 is 26.0 Å². The third kappa shape index (κ3) is 5.25. The topological polar surface area (TPSA) is 95.1 Å². The molecule has 2 aromatic carbocycles. The van der Waals surface area contributed by atoms with E-state index in [1.165, 1.54) is 28.4 Å². The molecule has 1 heterocycles. The summed E-state index contributed by atoms with van der Waals surface area (Å²) >= 11 is 0. The molecule has 0 atom stereocenters. The fourth-order valence-corrected chi connectivity index (χ4v) is 5.90. The fraction of sp³-hybridized carbons (Fsp3) is 0.350. The Hall–Kier alpha value is -2.27. The molecule has 1 saturated heterocycles. The van der Waals surface area contributed by atoms with Crippen molar-refractivity contribution in [3.8, 4) is 0 Å². The van der Waals surface area contributed by atoms with E-state index >= 15 is 0 Å². The van der Waals surface area contributed by atoms with E-state index in [0.29, 0.717) is 5.56 Å². The third-order valence-electron chi connectivity index (χ3n) is 4.99. The zero-order valence-electron chi connectivity index (χ0n) is 16.7. The maximum absolute atomic E-state index is 12.6. The van der Waals surface area contributed by atoms with Crippen LogP contribution in [-0.2, 0) is 30.6 Å². The van der Waals surface area contributed by atoms with E-state index in [1.54, 1.807) is 42.5 Å². The van der Waals surface area contributed by atoms with Crippen LogP contribution < -0.4 is 0 Å². The van der Waals surface area contributed by atoms with Crippen LogP contribution in [0.15, 0.2) is 65.6 Å². The van der Waals surface area contributed by atoms with Gasteiger partial charge in [0.25, 0.3) is 0 Å². The van der Waals surface area contributed by atoms with E-state index in [1.807, 2.05) is 6.07 Å². The van der Waals surface area contributed by atoms with Crippen molar-refractivity contribution in [2.75, 3.05) is 39.8 Å². The second-order valence-corrected chi connectivity index (χ2v) is 11.1. The lowest BCUT2D eigenvalue weighted by Crippen LogP contribution is -2.52. The predicted molar refractivity (Wildman–Crippen MR) is 113 cm³/mol. The molecule has 0 radical (unpaired) electrons. The zero-order valence-corrected chi connectivity index (χ0v) is 18.3. The van der Waals surface area contributed by atoms with Crippen LogP contribution in [0.2, 0.25) is 0 Å². The van der Waals surface area contributed by atoms with Gasteiger partial charge in [0.05, 0.1) is 17.2 Å². The Morgan fingerprint density at radius 1 is 0.867 bits per heavy atom. The van der Waals surface area contributed by atoms with Gasteiger partial charge in [0.1, 0.15) is 0 Å². The lowest BCUT2D eigenvalue weighted by molar-refractivity contribution is -0.132. The zero-order chi connectivity index (χ0) is 21.8. The van der Waals surface area contributed by atoms with Crippen molar-refractivity contribution < 1.29 is 21.6 Å². The van der Waals surface area contributed by atoms with Gasteiger partial charge in [0.15, 0.2) is 0 Å². The van der Waals surface area contributed by atoms with Gasteiger partial charge < -0.3 is 4.90 Å². The minimum Gasteiger partial charge on any atom is -0.339 e. The first-order chi connectivity index (χ1) is 14.2. The van der Waals surface area contributed by atoms with Gasteiger partial charge in [0, 0.05) is 33.2 Å². The number of sulfonamides is 2. The van der Waals surface area contributed by atoms with Crippen molar-refractivity contribution in [1.82, 2.24) is 13.5 Å². The largest absolute Gasteiger partial charge is 0.339 e. The Bertz CT molecular complexity index is 1070. The maximum Gasteiger partial charge on any atom is 0.243 e. The smallest absolute Gasteiger partial charge is 0.243 e. The normalized spacial score (nSPS) is 16.0. The van der Waals surface area contributed by atoms with Crippen molar-refractivity contribution in [2.45, 2.75) is 10.6 Å². The summed E-state index contributed by atoms with van der Waals surface area (Å²) in [6, 6.07) is 16.9. The molecule has 8 nitrogen and oxygen atoms in total. The average molecular weight is 452 g/mol. The number of likely N-dealkylation sites (N-methyl/N-ethyl adjacent to an activating group) is 1. The quantitative estimate of drug-likeness (QED) is 0.625. The molecular weight excluding hydrogens is 426 g/mol. The Labute approximate surface area is 177 Å². The highest BCUT2D eigenvalue weighted by Gasteiger charge is 2.31. The molecule has 2 aromatic rings. The minimum atomic E-state index is -3.76. The second-order valence-electron chi connectivity index (χ2n) is 7.10. The molecule has 0 unspecified atom stereocenters. The standard InChI is InChI=1S/C20H25N3O5S2/c1-21(30(27,28)19-10-6-3-7-11-19)16-20(24)22-12-14-23(15-13-22)29(25,26)17-18-8-4-2-5-9-18/h2-11H,12-17H2,1H3. The summed E-state index contributed by atoms with van der Waals surface area (Å²) in [6.07, 6.45) is 0. The van der Waals surface area contributed by atoms with E-state index < -0.39 is 20.0 Å². The molecule has 1 amide bonds. The molecule has 0 bridgehead atoms. The molecular formula is C20H25N3O5S2. The molecule has 162 valence electrons. The summed E-state index contributed by atoms with van der Waals surface area (Å²) in [5.74, 6) is -0.433. The van der Waals surface area contributed by atoms with Gasteiger partial charge >= 0.3 is 0 Å². The lowest BCUT2D eigenvalue weighted by atomic mass is 10.2. The molecule has 30 heavy (non-hydrogen) atoms. The number of carbonyl (C=O) groups is 1. The predicted octanol–water partition coefficient (Wildman–Crippen LogP) is 0.981. The van der Waals surface area contributed by atoms with Crippen molar-refractivity contribution in [3.63, 3.8) is 0 Å². The maximum atomic E-state index is 12.6. The Kier molecular flexibility index (Phi) is 6.91. The van der Waals surface area contributed by atoms with Gasteiger partial charge in [-0.2, -0.15) is 8.61 Å². The molecule has 0 saturated carbocycles. The SMILES string of the molecule is CN(CC(=O)N1CCN(S(=O)(=O)Cc2ccccc2)CC1)S(=O)(=O)c1ccccc1. The van der Waals surface area contributed by atoms with Crippen LogP contribution in [0.4, 0.5) is 0 Å². The molecule has 3 rings (SSSR count). The van der Waals surface area contributed by atoms with Crippen molar-refractivity contribution in [2.24, 2.45) is 0 Å². The Balaban J connectivity index is 1.56. The van der Waals surface area contributed by atoms with Crippen LogP contribution in [0, 0.1) is 0 Å². The summed E-state index contributed by atoms with van der Waals surface area (Å²) in [5, 5.41) is 0. The molecule has 0 N–H and O–H groups in total.